The first-order chi connectivity index (χ1) is 8.69. The van der Waals surface area contributed by atoms with Crippen molar-refractivity contribution in [3.63, 3.8) is 0 Å². The molecule has 102 valence electrons. The summed E-state index contributed by atoms with van der Waals surface area (Å²) < 4.78 is 5.75. The van der Waals surface area contributed by atoms with Crippen molar-refractivity contribution in [1.29, 1.82) is 0 Å². The van der Waals surface area contributed by atoms with Crippen molar-refractivity contribution in [2.24, 2.45) is 0 Å². The van der Waals surface area contributed by atoms with Gasteiger partial charge < -0.3 is 15.0 Å². The molecule has 0 saturated carbocycles. The van der Waals surface area contributed by atoms with Crippen LogP contribution in [-0.2, 0) is 11.3 Å². The Labute approximate surface area is 113 Å². The predicted octanol–water partition coefficient (Wildman–Crippen LogP) is 2.26. The number of ether oxygens (including phenoxy) is 1. The molecule has 1 aliphatic heterocycles. The smallest absolute Gasteiger partial charge is 0.185 e. The molecule has 1 aliphatic rings. The molecule has 0 amide bonds. The number of nitrogens with one attached hydrogen (secondary N) is 1. The number of nitrogens with zero attached hydrogens (tertiary/aromatic N) is 2. The fourth-order valence-corrected chi connectivity index (χ4v) is 3.10. The molecule has 4 nitrogen and oxygen atoms in total. The summed E-state index contributed by atoms with van der Waals surface area (Å²) in [4.78, 5) is 7.04. The molecule has 1 saturated heterocycles. The van der Waals surface area contributed by atoms with Gasteiger partial charge in [-0.05, 0) is 26.8 Å². The van der Waals surface area contributed by atoms with E-state index in [2.05, 4.69) is 36.4 Å². The second-order valence-electron chi connectivity index (χ2n) is 4.96. The lowest BCUT2D eigenvalue weighted by molar-refractivity contribution is -0.00523. The Balaban J connectivity index is 1.92. The van der Waals surface area contributed by atoms with Crippen LogP contribution in [0.5, 0.6) is 0 Å². The normalized spacial score (nSPS) is 24.5. The van der Waals surface area contributed by atoms with Crippen LogP contribution < -0.4 is 10.2 Å². The minimum atomic E-state index is 0.291. The molecule has 0 spiro atoms. The molecule has 0 aromatic carbocycles. The third kappa shape index (κ3) is 3.67. The van der Waals surface area contributed by atoms with Crippen LogP contribution in [0.1, 0.15) is 32.9 Å². The average molecular weight is 269 g/mol. The van der Waals surface area contributed by atoms with Gasteiger partial charge in [0.1, 0.15) is 0 Å². The maximum absolute atomic E-state index is 5.75. The Kier molecular flexibility index (Phi) is 4.97. The molecule has 2 heterocycles. The van der Waals surface area contributed by atoms with Gasteiger partial charge in [0.2, 0.25) is 0 Å². The van der Waals surface area contributed by atoms with Gasteiger partial charge in [-0.3, -0.25) is 0 Å². The number of thiazole rings is 1. The Bertz CT molecular complexity index is 359. The maximum Gasteiger partial charge on any atom is 0.185 e. The average Bonchev–Trinajstić information content (AvgIpc) is 2.77. The zero-order valence-corrected chi connectivity index (χ0v) is 12.3. The van der Waals surface area contributed by atoms with E-state index in [0.717, 1.165) is 43.4 Å². The second-order valence-corrected chi connectivity index (χ2v) is 5.80. The van der Waals surface area contributed by atoms with Crippen LogP contribution in [0.4, 0.5) is 5.13 Å². The highest BCUT2D eigenvalue weighted by atomic mass is 32.1. The van der Waals surface area contributed by atoms with E-state index in [0.29, 0.717) is 12.2 Å². The number of morpholine rings is 1. The van der Waals surface area contributed by atoms with E-state index in [1.807, 2.05) is 0 Å². The van der Waals surface area contributed by atoms with E-state index in [-0.39, 0.29) is 0 Å². The summed E-state index contributed by atoms with van der Waals surface area (Å²) in [5.41, 5.74) is 1.15. The number of hydrogen-bond donors (Lipinski definition) is 1. The highest BCUT2D eigenvalue weighted by Crippen LogP contribution is 2.24. The lowest BCUT2D eigenvalue weighted by Crippen LogP contribution is -2.45. The van der Waals surface area contributed by atoms with Crippen LogP contribution in [0.15, 0.2) is 5.38 Å². The van der Waals surface area contributed by atoms with E-state index in [4.69, 9.17) is 9.72 Å². The Hall–Kier alpha value is -0.650. The molecular weight excluding hydrogens is 246 g/mol. The topological polar surface area (TPSA) is 37.4 Å². The molecule has 2 atom stereocenters. The van der Waals surface area contributed by atoms with Gasteiger partial charge in [0.05, 0.1) is 17.9 Å². The van der Waals surface area contributed by atoms with Crippen molar-refractivity contribution in [2.45, 2.75) is 45.9 Å². The Morgan fingerprint density at radius 3 is 2.83 bits per heavy atom. The van der Waals surface area contributed by atoms with Gasteiger partial charge in [0.15, 0.2) is 5.13 Å². The van der Waals surface area contributed by atoms with Crippen LogP contribution in [-0.4, -0.2) is 36.8 Å². The highest BCUT2D eigenvalue weighted by molar-refractivity contribution is 7.13. The molecule has 0 unspecified atom stereocenters. The molecule has 0 bridgehead atoms. The van der Waals surface area contributed by atoms with Gasteiger partial charge in [-0.15, -0.1) is 11.3 Å². The maximum atomic E-state index is 5.75. The van der Waals surface area contributed by atoms with Gasteiger partial charge in [0.25, 0.3) is 0 Å². The first kappa shape index (κ1) is 13.8. The van der Waals surface area contributed by atoms with E-state index < -0.39 is 0 Å². The number of aromatic nitrogens is 1. The number of hydrogen-bond acceptors (Lipinski definition) is 5. The Morgan fingerprint density at radius 2 is 2.17 bits per heavy atom. The summed E-state index contributed by atoms with van der Waals surface area (Å²) in [7, 11) is 0. The molecule has 2 rings (SSSR count). The first-order valence-electron chi connectivity index (χ1n) is 6.74. The van der Waals surface area contributed by atoms with Gasteiger partial charge in [-0.1, -0.05) is 6.92 Å². The van der Waals surface area contributed by atoms with Gasteiger partial charge in [-0.25, -0.2) is 4.98 Å². The number of rotatable bonds is 5. The quantitative estimate of drug-likeness (QED) is 0.832. The van der Waals surface area contributed by atoms with E-state index >= 15 is 0 Å². The third-order valence-corrected chi connectivity index (χ3v) is 3.91. The van der Waals surface area contributed by atoms with Crippen molar-refractivity contribution in [3.05, 3.63) is 11.1 Å². The monoisotopic (exact) mass is 269 g/mol. The zero-order chi connectivity index (χ0) is 13.0. The van der Waals surface area contributed by atoms with E-state index in [9.17, 15) is 0 Å². The zero-order valence-electron chi connectivity index (χ0n) is 11.5. The summed E-state index contributed by atoms with van der Waals surface area (Å²) in [5.74, 6) is 0. The molecule has 1 fully saturated rings. The van der Waals surface area contributed by atoms with Crippen LogP contribution >= 0.6 is 11.3 Å². The Morgan fingerprint density at radius 1 is 1.44 bits per heavy atom. The van der Waals surface area contributed by atoms with Gasteiger partial charge >= 0.3 is 0 Å². The molecule has 0 radical (unpaired) electrons. The third-order valence-electron chi connectivity index (χ3n) is 2.96. The SMILES string of the molecule is CCCNCc1csc(N2C[C@@H](C)O[C@@H](C)C2)n1. The molecule has 18 heavy (non-hydrogen) atoms. The van der Waals surface area contributed by atoms with Gasteiger partial charge in [-0.2, -0.15) is 0 Å². The van der Waals surface area contributed by atoms with E-state index in [1.54, 1.807) is 11.3 Å². The standard InChI is InChI=1S/C13H23N3OS/c1-4-5-14-6-12-9-18-13(15-12)16-7-10(2)17-11(3)8-16/h9-11,14H,4-8H2,1-3H3/t10-,11+. The van der Waals surface area contributed by atoms with Crippen molar-refractivity contribution in [1.82, 2.24) is 10.3 Å². The molecule has 0 aliphatic carbocycles. The van der Waals surface area contributed by atoms with Crippen molar-refractivity contribution in [3.8, 4) is 0 Å². The first-order valence-corrected chi connectivity index (χ1v) is 7.62. The minimum absolute atomic E-state index is 0.291. The summed E-state index contributed by atoms with van der Waals surface area (Å²) in [5, 5.41) is 6.67. The lowest BCUT2D eigenvalue weighted by Gasteiger charge is -2.35. The van der Waals surface area contributed by atoms with E-state index in [1.165, 1.54) is 0 Å². The molecule has 1 aromatic heterocycles. The molecule has 1 aromatic rings. The second kappa shape index (κ2) is 6.50. The van der Waals surface area contributed by atoms with Crippen molar-refractivity contribution in [2.75, 3.05) is 24.5 Å². The largest absolute Gasteiger partial charge is 0.372 e. The fraction of sp³-hybridized carbons (Fsp3) is 0.769. The molecular formula is C13H23N3OS. The predicted molar refractivity (Wildman–Crippen MR) is 76.3 cm³/mol. The van der Waals surface area contributed by atoms with Crippen LogP contribution in [0.3, 0.4) is 0 Å². The highest BCUT2D eigenvalue weighted by Gasteiger charge is 2.24. The summed E-state index contributed by atoms with van der Waals surface area (Å²) >= 11 is 1.74. The van der Waals surface area contributed by atoms with Crippen molar-refractivity contribution < 1.29 is 4.74 Å². The number of anilines is 1. The summed E-state index contributed by atoms with van der Waals surface area (Å²) in [6.45, 7) is 10.2. The molecule has 5 heteroatoms. The van der Waals surface area contributed by atoms with Crippen LogP contribution in [0.2, 0.25) is 0 Å². The van der Waals surface area contributed by atoms with Crippen LogP contribution in [0.25, 0.3) is 0 Å². The fourth-order valence-electron chi connectivity index (χ4n) is 2.25. The van der Waals surface area contributed by atoms with Crippen LogP contribution in [0, 0.1) is 0 Å². The van der Waals surface area contributed by atoms with Crippen molar-refractivity contribution >= 4 is 16.5 Å². The summed E-state index contributed by atoms with van der Waals surface area (Å²) in [6, 6.07) is 0. The minimum Gasteiger partial charge on any atom is -0.372 e. The lowest BCUT2D eigenvalue weighted by atomic mass is 10.2. The molecule has 1 N–H and O–H groups in total. The summed E-state index contributed by atoms with van der Waals surface area (Å²) in [6.07, 6.45) is 1.74. The van der Waals surface area contributed by atoms with Gasteiger partial charge in [0, 0.05) is 25.0 Å².